The fourth-order valence-electron chi connectivity index (χ4n) is 4.06. The zero-order valence-corrected chi connectivity index (χ0v) is 13.2. The third-order valence-electron chi connectivity index (χ3n) is 5.27. The summed E-state index contributed by atoms with van der Waals surface area (Å²) < 4.78 is 2.38. The zero-order valence-electron chi connectivity index (χ0n) is 13.2. The average molecular weight is 299 g/mol. The van der Waals surface area contributed by atoms with E-state index in [0.29, 0.717) is 5.92 Å². The fourth-order valence-corrected chi connectivity index (χ4v) is 4.06. The summed E-state index contributed by atoms with van der Waals surface area (Å²) in [5.74, 6) is 2.49. The van der Waals surface area contributed by atoms with Gasteiger partial charge in [0, 0.05) is 24.9 Å². The molecule has 2 aliphatic heterocycles. The summed E-state index contributed by atoms with van der Waals surface area (Å²) in [5, 5.41) is 0. The van der Waals surface area contributed by atoms with Gasteiger partial charge in [-0.25, -0.2) is 4.98 Å². The molecular weight excluding hydrogens is 274 g/mol. The molecule has 22 heavy (non-hydrogen) atoms. The minimum Gasteiger partial charge on any atom is -0.412 e. The standard InChI is InChI=1S/C18H23N3.H2O/c1-20-10-6-15(7-11-20)17-16-5-3-2-4-14(16)8-12-21-13-9-19-18(17)21;/h2-5,9,13,15,17H,6-8,10-12H2,1H3;1H2. The summed E-state index contributed by atoms with van der Waals surface area (Å²) in [6.45, 7) is 3.49. The van der Waals surface area contributed by atoms with Crippen molar-refractivity contribution in [3.63, 3.8) is 0 Å². The Bertz CT molecular complexity index is 629. The number of fused-ring (bicyclic) bond motifs is 2. The summed E-state index contributed by atoms with van der Waals surface area (Å²) >= 11 is 0. The van der Waals surface area contributed by atoms with Gasteiger partial charge in [0.15, 0.2) is 0 Å². The molecule has 4 heteroatoms. The van der Waals surface area contributed by atoms with Crippen molar-refractivity contribution in [2.24, 2.45) is 5.92 Å². The van der Waals surface area contributed by atoms with Crippen molar-refractivity contribution in [3.05, 3.63) is 53.6 Å². The highest BCUT2D eigenvalue weighted by atomic mass is 16.0. The zero-order chi connectivity index (χ0) is 14.2. The van der Waals surface area contributed by atoms with E-state index in [0.717, 1.165) is 18.9 Å². The highest BCUT2D eigenvalue weighted by Gasteiger charge is 2.33. The van der Waals surface area contributed by atoms with E-state index in [1.54, 1.807) is 0 Å². The van der Waals surface area contributed by atoms with Crippen LogP contribution in [0.1, 0.15) is 35.7 Å². The molecule has 0 radical (unpaired) electrons. The van der Waals surface area contributed by atoms with Crippen molar-refractivity contribution in [1.29, 1.82) is 0 Å². The number of aryl methyl sites for hydroxylation is 2. The van der Waals surface area contributed by atoms with Gasteiger partial charge in [0.05, 0.1) is 0 Å². The Morgan fingerprint density at radius 3 is 2.68 bits per heavy atom. The molecule has 0 spiro atoms. The quantitative estimate of drug-likeness (QED) is 0.809. The summed E-state index contributed by atoms with van der Waals surface area (Å²) in [5.41, 5.74) is 3.05. The van der Waals surface area contributed by atoms with Crippen molar-refractivity contribution >= 4 is 0 Å². The highest BCUT2D eigenvalue weighted by Crippen LogP contribution is 2.40. The minimum absolute atomic E-state index is 0. The van der Waals surface area contributed by atoms with Crippen LogP contribution in [0.25, 0.3) is 0 Å². The molecule has 4 rings (SSSR count). The van der Waals surface area contributed by atoms with Gasteiger partial charge in [0.1, 0.15) is 5.82 Å². The molecule has 118 valence electrons. The van der Waals surface area contributed by atoms with Crippen LogP contribution in [0.2, 0.25) is 0 Å². The number of rotatable bonds is 1. The first kappa shape index (κ1) is 15.3. The van der Waals surface area contributed by atoms with E-state index in [2.05, 4.69) is 47.0 Å². The predicted octanol–water partition coefficient (Wildman–Crippen LogP) is 2.09. The van der Waals surface area contributed by atoms with Crippen molar-refractivity contribution in [1.82, 2.24) is 14.5 Å². The van der Waals surface area contributed by atoms with E-state index in [-0.39, 0.29) is 5.48 Å². The normalized spacial score (nSPS) is 22.3. The topological polar surface area (TPSA) is 52.6 Å². The molecule has 2 aromatic rings. The van der Waals surface area contributed by atoms with Gasteiger partial charge in [-0.2, -0.15) is 0 Å². The average Bonchev–Trinajstić information content (AvgIpc) is 2.91. The molecule has 0 aliphatic carbocycles. The first-order chi connectivity index (χ1) is 10.3. The predicted molar refractivity (Wildman–Crippen MR) is 88.1 cm³/mol. The Labute approximate surface area is 132 Å². The van der Waals surface area contributed by atoms with E-state index in [1.807, 2.05) is 6.20 Å². The first-order valence-electron chi connectivity index (χ1n) is 8.10. The Morgan fingerprint density at radius 1 is 1.09 bits per heavy atom. The summed E-state index contributed by atoms with van der Waals surface area (Å²) in [4.78, 5) is 7.19. The second-order valence-electron chi connectivity index (χ2n) is 6.55. The van der Waals surface area contributed by atoms with Gasteiger partial charge in [-0.1, -0.05) is 24.3 Å². The Balaban J connectivity index is 0.00000144. The van der Waals surface area contributed by atoms with E-state index < -0.39 is 0 Å². The molecular formula is C18H25N3O. The largest absolute Gasteiger partial charge is 0.412 e. The maximum absolute atomic E-state index is 4.74. The molecule has 1 atom stereocenters. The van der Waals surface area contributed by atoms with Gasteiger partial charge in [0.25, 0.3) is 0 Å². The molecule has 0 amide bonds. The van der Waals surface area contributed by atoms with Crippen LogP contribution in [0.5, 0.6) is 0 Å². The number of hydrogen-bond acceptors (Lipinski definition) is 2. The van der Waals surface area contributed by atoms with E-state index in [1.165, 1.54) is 42.9 Å². The van der Waals surface area contributed by atoms with Gasteiger partial charge >= 0.3 is 0 Å². The summed E-state index contributed by atoms with van der Waals surface area (Å²) in [6.07, 6.45) is 7.82. The summed E-state index contributed by atoms with van der Waals surface area (Å²) in [7, 11) is 2.23. The molecule has 2 N–H and O–H groups in total. The van der Waals surface area contributed by atoms with Crippen LogP contribution in [-0.4, -0.2) is 40.1 Å². The number of benzene rings is 1. The molecule has 1 fully saturated rings. The van der Waals surface area contributed by atoms with Crippen LogP contribution in [0.3, 0.4) is 0 Å². The molecule has 3 heterocycles. The lowest BCUT2D eigenvalue weighted by Gasteiger charge is -2.34. The highest BCUT2D eigenvalue weighted by molar-refractivity contribution is 5.37. The summed E-state index contributed by atoms with van der Waals surface area (Å²) in [6, 6.07) is 9.02. The lowest BCUT2D eigenvalue weighted by molar-refractivity contribution is 0.204. The minimum atomic E-state index is 0. The number of nitrogens with zero attached hydrogens (tertiary/aromatic N) is 3. The first-order valence-corrected chi connectivity index (χ1v) is 8.10. The van der Waals surface area contributed by atoms with Crippen LogP contribution in [0.4, 0.5) is 0 Å². The molecule has 1 saturated heterocycles. The molecule has 2 aliphatic rings. The van der Waals surface area contributed by atoms with Crippen molar-refractivity contribution in [3.8, 4) is 0 Å². The van der Waals surface area contributed by atoms with E-state index in [4.69, 9.17) is 4.98 Å². The Morgan fingerprint density at radius 2 is 1.86 bits per heavy atom. The molecule has 1 aromatic carbocycles. The van der Waals surface area contributed by atoms with Gasteiger partial charge < -0.3 is 14.9 Å². The third-order valence-corrected chi connectivity index (χ3v) is 5.27. The maximum Gasteiger partial charge on any atom is 0.116 e. The number of piperidine rings is 1. The number of likely N-dealkylation sites (tertiary alicyclic amines) is 1. The van der Waals surface area contributed by atoms with Gasteiger partial charge in [-0.3, -0.25) is 0 Å². The van der Waals surface area contributed by atoms with Crippen LogP contribution in [0.15, 0.2) is 36.7 Å². The number of imidazole rings is 1. The molecule has 1 aromatic heterocycles. The lowest BCUT2D eigenvalue weighted by atomic mass is 9.78. The van der Waals surface area contributed by atoms with E-state index in [9.17, 15) is 0 Å². The smallest absolute Gasteiger partial charge is 0.116 e. The van der Waals surface area contributed by atoms with Gasteiger partial charge in [-0.15, -0.1) is 0 Å². The Hall–Kier alpha value is -1.65. The fraction of sp³-hybridized carbons (Fsp3) is 0.500. The van der Waals surface area contributed by atoms with Crippen molar-refractivity contribution in [2.75, 3.05) is 20.1 Å². The molecule has 1 unspecified atom stereocenters. The van der Waals surface area contributed by atoms with Crippen LogP contribution >= 0.6 is 0 Å². The monoisotopic (exact) mass is 299 g/mol. The SMILES string of the molecule is CN1CCC(C2c3ccccc3CCn3ccnc32)CC1.O. The second-order valence-corrected chi connectivity index (χ2v) is 6.55. The Kier molecular flexibility index (Phi) is 4.32. The van der Waals surface area contributed by atoms with Crippen molar-refractivity contribution in [2.45, 2.75) is 31.7 Å². The maximum atomic E-state index is 4.74. The van der Waals surface area contributed by atoms with Gasteiger partial charge in [-0.05, 0) is 56.4 Å². The third kappa shape index (κ3) is 2.57. The van der Waals surface area contributed by atoms with Crippen molar-refractivity contribution < 1.29 is 5.48 Å². The molecule has 4 nitrogen and oxygen atoms in total. The van der Waals surface area contributed by atoms with E-state index >= 15 is 0 Å². The van der Waals surface area contributed by atoms with Gasteiger partial charge in [0.2, 0.25) is 0 Å². The number of aromatic nitrogens is 2. The second kappa shape index (κ2) is 6.23. The van der Waals surface area contributed by atoms with Crippen LogP contribution in [-0.2, 0) is 13.0 Å². The molecule has 0 bridgehead atoms. The number of hydrogen-bond donors (Lipinski definition) is 0. The molecule has 0 saturated carbocycles. The van der Waals surface area contributed by atoms with Crippen LogP contribution < -0.4 is 0 Å². The lowest BCUT2D eigenvalue weighted by Crippen LogP contribution is -2.33. The van der Waals surface area contributed by atoms with Crippen LogP contribution in [0, 0.1) is 5.92 Å².